The van der Waals surface area contributed by atoms with E-state index in [0.29, 0.717) is 43.3 Å². The first-order valence-electron chi connectivity index (χ1n) is 7.79. The van der Waals surface area contributed by atoms with Crippen molar-refractivity contribution in [2.75, 3.05) is 13.1 Å². The minimum Gasteiger partial charge on any atom is -0.372 e. The topological polar surface area (TPSA) is 81.4 Å². The molecule has 1 aliphatic rings. The van der Waals surface area contributed by atoms with Gasteiger partial charge in [0.15, 0.2) is 0 Å². The first-order valence-corrected chi connectivity index (χ1v) is 7.79. The Balaban J connectivity index is 1.56. The molecule has 0 aromatic carbocycles. The van der Waals surface area contributed by atoms with Crippen molar-refractivity contribution in [1.29, 1.82) is 0 Å². The van der Waals surface area contributed by atoms with Crippen molar-refractivity contribution in [3.63, 3.8) is 0 Å². The molecule has 0 N–H and O–H groups in total. The van der Waals surface area contributed by atoms with Crippen LogP contribution in [0, 0.1) is 0 Å². The lowest BCUT2D eigenvalue weighted by molar-refractivity contribution is -0.143. The fourth-order valence-corrected chi connectivity index (χ4v) is 2.71. The summed E-state index contributed by atoms with van der Waals surface area (Å²) >= 11 is 0. The van der Waals surface area contributed by atoms with Crippen LogP contribution in [-0.2, 0) is 16.0 Å². The summed E-state index contributed by atoms with van der Waals surface area (Å²) in [7, 11) is 0. The van der Waals surface area contributed by atoms with E-state index in [2.05, 4.69) is 15.1 Å². The number of pyridine rings is 1. The number of aryl methyl sites for hydroxylation is 1. The van der Waals surface area contributed by atoms with Crippen LogP contribution in [0.3, 0.4) is 0 Å². The number of ether oxygens (including phenoxy) is 1. The van der Waals surface area contributed by atoms with E-state index in [1.54, 1.807) is 6.20 Å². The average molecular weight is 316 g/mol. The Labute approximate surface area is 134 Å². The third-order valence-corrected chi connectivity index (χ3v) is 3.69. The highest BCUT2D eigenvalue weighted by atomic mass is 16.5. The minimum atomic E-state index is 0.0712. The standard InChI is InChI=1S/C16H20N4O3/c1-11-9-20(10-12(2)22-11)15(21)7-6-14-18-16(19-23-14)13-5-3-4-8-17-13/h3-5,8,11-12H,6-7,9-10H2,1-2H3/t11-,12-/m1/s1. The van der Waals surface area contributed by atoms with E-state index in [1.165, 1.54) is 0 Å². The molecule has 0 aliphatic carbocycles. The molecular formula is C16H20N4O3. The van der Waals surface area contributed by atoms with Gasteiger partial charge in [-0.15, -0.1) is 0 Å². The van der Waals surface area contributed by atoms with Gasteiger partial charge < -0.3 is 14.2 Å². The summed E-state index contributed by atoms with van der Waals surface area (Å²) in [4.78, 5) is 22.6. The van der Waals surface area contributed by atoms with Crippen molar-refractivity contribution in [2.24, 2.45) is 0 Å². The van der Waals surface area contributed by atoms with Gasteiger partial charge in [-0.1, -0.05) is 11.2 Å². The van der Waals surface area contributed by atoms with Crippen molar-refractivity contribution >= 4 is 5.91 Å². The lowest BCUT2D eigenvalue weighted by Gasteiger charge is -2.35. The minimum absolute atomic E-state index is 0.0712. The van der Waals surface area contributed by atoms with Gasteiger partial charge >= 0.3 is 0 Å². The van der Waals surface area contributed by atoms with Crippen LogP contribution in [0.25, 0.3) is 11.5 Å². The second-order valence-corrected chi connectivity index (χ2v) is 5.78. The lowest BCUT2D eigenvalue weighted by Crippen LogP contribution is -2.48. The van der Waals surface area contributed by atoms with E-state index in [-0.39, 0.29) is 18.1 Å². The molecule has 2 atom stereocenters. The highest BCUT2D eigenvalue weighted by Crippen LogP contribution is 2.15. The van der Waals surface area contributed by atoms with Gasteiger partial charge in [-0.25, -0.2) is 0 Å². The second-order valence-electron chi connectivity index (χ2n) is 5.78. The van der Waals surface area contributed by atoms with Crippen LogP contribution in [0.2, 0.25) is 0 Å². The summed E-state index contributed by atoms with van der Waals surface area (Å²) in [6, 6.07) is 5.51. The molecule has 0 spiro atoms. The number of hydrogen-bond acceptors (Lipinski definition) is 6. The molecule has 2 aromatic rings. The molecule has 0 unspecified atom stereocenters. The summed E-state index contributed by atoms with van der Waals surface area (Å²) in [5, 5.41) is 3.91. The molecule has 1 fully saturated rings. The Kier molecular flexibility index (Phi) is 4.66. The number of rotatable bonds is 4. The quantitative estimate of drug-likeness (QED) is 0.854. The van der Waals surface area contributed by atoms with Crippen molar-refractivity contribution < 1.29 is 14.1 Å². The van der Waals surface area contributed by atoms with E-state index in [9.17, 15) is 4.79 Å². The van der Waals surface area contributed by atoms with Gasteiger partial charge in [0, 0.05) is 32.1 Å². The van der Waals surface area contributed by atoms with E-state index in [1.807, 2.05) is 36.9 Å². The van der Waals surface area contributed by atoms with Crippen molar-refractivity contribution in [2.45, 2.75) is 38.9 Å². The highest BCUT2D eigenvalue weighted by molar-refractivity contribution is 5.76. The van der Waals surface area contributed by atoms with Crippen molar-refractivity contribution in [3.05, 3.63) is 30.3 Å². The average Bonchev–Trinajstić information content (AvgIpc) is 3.01. The van der Waals surface area contributed by atoms with Crippen molar-refractivity contribution in [3.8, 4) is 11.5 Å². The van der Waals surface area contributed by atoms with Gasteiger partial charge in [-0.3, -0.25) is 9.78 Å². The fourth-order valence-electron chi connectivity index (χ4n) is 2.71. The van der Waals surface area contributed by atoms with Gasteiger partial charge in [0.05, 0.1) is 12.2 Å². The van der Waals surface area contributed by atoms with Gasteiger partial charge in [-0.2, -0.15) is 4.98 Å². The Morgan fingerprint density at radius 2 is 2.09 bits per heavy atom. The molecule has 1 amide bonds. The van der Waals surface area contributed by atoms with Crippen LogP contribution in [0.4, 0.5) is 0 Å². The first-order chi connectivity index (χ1) is 11.1. The SMILES string of the molecule is C[C@@H]1CN(C(=O)CCc2nc(-c3ccccn3)no2)C[C@@H](C)O1. The zero-order chi connectivity index (χ0) is 16.2. The molecule has 7 heteroatoms. The molecule has 0 saturated carbocycles. The predicted molar refractivity (Wildman–Crippen MR) is 82.4 cm³/mol. The number of morpholine rings is 1. The molecular weight excluding hydrogens is 296 g/mol. The lowest BCUT2D eigenvalue weighted by atomic mass is 10.2. The number of nitrogens with zero attached hydrogens (tertiary/aromatic N) is 4. The number of aromatic nitrogens is 3. The molecule has 122 valence electrons. The summed E-state index contributed by atoms with van der Waals surface area (Å²) < 4.78 is 10.8. The van der Waals surface area contributed by atoms with Crippen LogP contribution < -0.4 is 0 Å². The van der Waals surface area contributed by atoms with Crippen LogP contribution in [0.15, 0.2) is 28.9 Å². The van der Waals surface area contributed by atoms with Crippen LogP contribution >= 0.6 is 0 Å². The van der Waals surface area contributed by atoms with E-state index in [4.69, 9.17) is 9.26 Å². The summed E-state index contributed by atoms with van der Waals surface area (Å²) in [6.07, 6.45) is 2.60. The summed E-state index contributed by atoms with van der Waals surface area (Å²) in [5.74, 6) is 0.986. The number of hydrogen-bond donors (Lipinski definition) is 0. The maximum atomic E-state index is 12.3. The third-order valence-electron chi connectivity index (χ3n) is 3.69. The molecule has 23 heavy (non-hydrogen) atoms. The molecule has 0 radical (unpaired) electrons. The number of amides is 1. The molecule has 3 rings (SSSR count). The zero-order valence-electron chi connectivity index (χ0n) is 13.3. The van der Waals surface area contributed by atoms with E-state index >= 15 is 0 Å². The number of carbonyl (C=O) groups is 1. The first kappa shape index (κ1) is 15.6. The monoisotopic (exact) mass is 316 g/mol. The largest absolute Gasteiger partial charge is 0.372 e. The normalized spacial score (nSPS) is 21.4. The van der Waals surface area contributed by atoms with Crippen LogP contribution in [0.5, 0.6) is 0 Å². The molecule has 1 saturated heterocycles. The highest BCUT2D eigenvalue weighted by Gasteiger charge is 2.25. The third kappa shape index (κ3) is 3.92. The van der Waals surface area contributed by atoms with Gasteiger partial charge in [0.1, 0.15) is 5.69 Å². The maximum absolute atomic E-state index is 12.3. The molecule has 1 aliphatic heterocycles. The molecule has 0 bridgehead atoms. The van der Waals surface area contributed by atoms with E-state index in [0.717, 1.165) is 0 Å². The zero-order valence-corrected chi connectivity index (χ0v) is 13.3. The Morgan fingerprint density at radius 1 is 1.30 bits per heavy atom. The smallest absolute Gasteiger partial charge is 0.227 e. The summed E-state index contributed by atoms with van der Waals surface area (Å²) in [5.41, 5.74) is 0.657. The fraction of sp³-hybridized carbons (Fsp3) is 0.500. The van der Waals surface area contributed by atoms with Gasteiger partial charge in [0.25, 0.3) is 0 Å². The van der Waals surface area contributed by atoms with E-state index < -0.39 is 0 Å². The van der Waals surface area contributed by atoms with Crippen LogP contribution in [0.1, 0.15) is 26.2 Å². The van der Waals surface area contributed by atoms with Crippen molar-refractivity contribution in [1.82, 2.24) is 20.0 Å². The Bertz CT molecular complexity index is 648. The van der Waals surface area contributed by atoms with Crippen LogP contribution in [-0.4, -0.2) is 51.2 Å². The number of carbonyl (C=O) groups excluding carboxylic acids is 1. The predicted octanol–water partition coefficient (Wildman–Crippen LogP) is 1.70. The Hall–Kier alpha value is -2.28. The molecule has 7 nitrogen and oxygen atoms in total. The van der Waals surface area contributed by atoms with Gasteiger partial charge in [0.2, 0.25) is 17.6 Å². The molecule has 2 aromatic heterocycles. The van der Waals surface area contributed by atoms with Gasteiger partial charge in [-0.05, 0) is 26.0 Å². The Morgan fingerprint density at radius 3 is 2.78 bits per heavy atom. The molecule has 3 heterocycles. The second kappa shape index (κ2) is 6.87. The summed E-state index contributed by atoms with van der Waals surface area (Å²) in [6.45, 7) is 5.22. The maximum Gasteiger partial charge on any atom is 0.227 e.